The molecule has 6 heteroatoms. The zero-order valence-corrected chi connectivity index (χ0v) is 14.2. The lowest BCUT2D eigenvalue weighted by molar-refractivity contribution is -0.156. The maximum absolute atomic E-state index is 11.8. The first kappa shape index (κ1) is 17.8. The van der Waals surface area contributed by atoms with E-state index >= 15 is 0 Å². The number of nitrogens with one attached hydrogen (secondary N) is 1. The number of carbonyl (C=O) groups excluding carboxylic acids is 2. The van der Waals surface area contributed by atoms with E-state index in [4.69, 9.17) is 14.2 Å². The van der Waals surface area contributed by atoms with Gasteiger partial charge in [0.1, 0.15) is 0 Å². The maximum Gasteiger partial charge on any atom is 0.344 e. The minimum absolute atomic E-state index is 0.231. The predicted molar refractivity (Wildman–Crippen MR) is 89.9 cm³/mol. The van der Waals surface area contributed by atoms with Crippen LogP contribution in [0.2, 0.25) is 0 Å². The van der Waals surface area contributed by atoms with Crippen molar-refractivity contribution < 1.29 is 23.8 Å². The lowest BCUT2D eigenvalue weighted by atomic mass is 10.2. The summed E-state index contributed by atoms with van der Waals surface area (Å²) in [6, 6.07) is 5.63. The average Bonchev–Trinajstić information content (AvgIpc) is 3.37. The highest BCUT2D eigenvalue weighted by Crippen LogP contribution is 2.28. The molecular formula is C18H23NO5. The Morgan fingerprint density at radius 1 is 1.33 bits per heavy atom. The molecule has 1 aliphatic carbocycles. The molecule has 1 saturated carbocycles. The molecule has 0 spiro atoms. The molecule has 0 aliphatic heterocycles. The summed E-state index contributed by atoms with van der Waals surface area (Å²) in [7, 11) is 1.53. The van der Waals surface area contributed by atoms with Crippen LogP contribution in [0, 0.1) is 0 Å². The molecule has 1 atom stereocenters. The SMILES string of the molecule is C/C=C/c1ccc(OCC(=O)O[C@@H](C)C(=O)NC2CC2)c(OC)c1. The van der Waals surface area contributed by atoms with E-state index in [0.717, 1.165) is 18.4 Å². The lowest BCUT2D eigenvalue weighted by Crippen LogP contribution is -2.37. The van der Waals surface area contributed by atoms with Crippen molar-refractivity contribution in [1.29, 1.82) is 0 Å². The molecule has 1 aliphatic rings. The van der Waals surface area contributed by atoms with Gasteiger partial charge >= 0.3 is 5.97 Å². The molecule has 130 valence electrons. The largest absolute Gasteiger partial charge is 0.493 e. The molecular weight excluding hydrogens is 310 g/mol. The predicted octanol–water partition coefficient (Wildman–Crippen LogP) is 2.32. The summed E-state index contributed by atoms with van der Waals surface area (Å²) in [6.07, 6.45) is 4.99. The highest BCUT2D eigenvalue weighted by molar-refractivity contribution is 5.84. The van der Waals surface area contributed by atoms with Crippen LogP contribution in [0.3, 0.4) is 0 Å². The molecule has 6 nitrogen and oxygen atoms in total. The molecule has 2 rings (SSSR count). The van der Waals surface area contributed by atoms with Crippen molar-refractivity contribution in [2.24, 2.45) is 0 Å². The van der Waals surface area contributed by atoms with Crippen LogP contribution in [0.15, 0.2) is 24.3 Å². The third kappa shape index (κ3) is 5.30. The Hall–Kier alpha value is -2.50. The topological polar surface area (TPSA) is 73.9 Å². The Bertz CT molecular complexity index is 622. The van der Waals surface area contributed by atoms with Crippen LogP contribution in [-0.4, -0.2) is 37.7 Å². The molecule has 0 aromatic heterocycles. The summed E-state index contributed by atoms with van der Waals surface area (Å²) < 4.78 is 15.8. The van der Waals surface area contributed by atoms with Crippen LogP contribution in [-0.2, 0) is 14.3 Å². The van der Waals surface area contributed by atoms with Gasteiger partial charge in [-0.1, -0.05) is 18.2 Å². The molecule has 24 heavy (non-hydrogen) atoms. The van der Waals surface area contributed by atoms with Crippen LogP contribution in [0.1, 0.15) is 32.3 Å². The molecule has 1 N–H and O–H groups in total. The number of benzene rings is 1. The number of amides is 1. The zero-order valence-electron chi connectivity index (χ0n) is 14.2. The van der Waals surface area contributed by atoms with Crippen molar-refractivity contribution in [3.8, 4) is 11.5 Å². The van der Waals surface area contributed by atoms with Crippen molar-refractivity contribution in [3.63, 3.8) is 0 Å². The van der Waals surface area contributed by atoms with E-state index in [1.807, 2.05) is 31.2 Å². The highest BCUT2D eigenvalue weighted by atomic mass is 16.6. The van der Waals surface area contributed by atoms with Gasteiger partial charge in [-0.2, -0.15) is 0 Å². The quantitative estimate of drug-likeness (QED) is 0.739. The number of rotatable bonds is 8. The molecule has 0 radical (unpaired) electrons. The van der Waals surface area contributed by atoms with Crippen LogP contribution in [0.4, 0.5) is 0 Å². The third-order valence-corrected chi connectivity index (χ3v) is 3.49. The van der Waals surface area contributed by atoms with Gasteiger partial charge in [0.15, 0.2) is 24.2 Å². The summed E-state index contributed by atoms with van der Waals surface area (Å²) in [5.41, 5.74) is 0.967. The van der Waals surface area contributed by atoms with E-state index in [1.165, 1.54) is 7.11 Å². The number of esters is 1. The average molecular weight is 333 g/mol. The van der Waals surface area contributed by atoms with Crippen molar-refractivity contribution in [3.05, 3.63) is 29.8 Å². The lowest BCUT2D eigenvalue weighted by Gasteiger charge is -2.14. The molecule has 1 aromatic carbocycles. The van der Waals surface area contributed by atoms with Crippen LogP contribution < -0.4 is 14.8 Å². The Balaban J connectivity index is 1.85. The minimum Gasteiger partial charge on any atom is -0.493 e. The van der Waals surface area contributed by atoms with Crippen LogP contribution in [0.25, 0.3) is 6.08 Å². The van der Waals surface area contributed by atoms with E-state index in [0.29, 0.717) is 11.5 Å². The fraction of sp³-hybridized carbons (Fsp3) is 0.444. The monoisotopic (exact) mass is 333 g/mol. The standard InChI is InChI=1S/C18H23NO5/c1-4-5-13-6-9-15(16(10-13)22-3)23-11-17(20)24-12(2)18(21)19-14-7-8-14/h4-6,9-10,12,14H,7-8,11H2,1-3H3,(H,19,21)/b5-4+/t12-/m0/s1. The van der Waals surface area contributed by atoms with Gasteiger partial charge in [-0.25, -0.2) is 4.79 Å². The molecule has 0 unspecified atom stereocenters. The van der Waals surface area contributed by atoms with Gasteiger partial charge in [-0.05, 0) is 44.4 Å². The van der Waals surface area contributed by atoms with Crippen molar-refractivity contribution in [1.82, 2.24) is 5.32 Å². The second-order valence-electron chi connectivity index (χ2n) is 5.61. The number of carbonyl (C=O) groups is 2. The van der Waals surface area contributed by atoms with Crippen molar-refractivity contribution in [2.45, 2.75) is 38.8 Å². The van der Waals surface area contributed by atoms with Crippen LogP contribution in [0.5, 0.6) is 11.5 Å². The first-order chi connectivity index (χ1) is 11.5. The van der Waals surface area contributed by atoms with E-state index < -0.39 is 12.1 Å². The molecule has 1 amide bonds. The Morgan fingerprint density at radius 3 is 2.71 bits per heavy atom. The van der Waals surface area contributed by atoms with Gasteiger partial charge < -0.3 is 19.5 Å². The first-order valence-corrected chi connectivity index (χ1v) is 7.97. The van der Waals surface area contributed by atoms with Crippen molar-refractivity contribution >= 4 is 18.0 Å². The van der Waals surface area contributed by atoms with E-state index in [1.54, 1.807) is 13.0 Å². The van der Waals surface area contributed by atoms with Crippen molar-refractivity contribution in [2.75, 3.05) is 13.7 Å². The first-order valence-electron chi connectivity index (χ1n) is 7.97. The van der Waals surface area contributed by atoms with Gasteiger partial charge in [-0.15, -0.1) is 0 Å². The number of methoxy groups -OCH3 is 1. The van der Waals surface area contributed by atoms with Crippen LogP contribution >= 0.6 is 0 Å². The van der Waals surface area contributed by atoms with E-state index in [-0.39, 0.29) is 18.6 Å². The normalized spacial score (nSPS) is 15.0. The third-order valence-electron chi connectivity index (χ3n) is 3.49. The summed E-state index contributed by atoms with van der Waals surface area (Å²) in [5.74, 6) is 0.0860. The van der Waals surface area contributed by atoms with Gasteiger partial charge in [0.05, 0.1) is 7.11 Å². The Morgan fingerprint density at radius 2 is 2.08 bits per heavy atom. The molecule has 0 saturated heterocycles. The number of allylic oxidation sites excluding steroid dienone is 1. The van der Waals surface area contributed by atoms with Gasteiger partial charge in [0, 0.05) is 6.04 Å². The van der Waals surface area contributed by atoms with Gasteiger partial charge in [-0.3, -0.25) is 4.79 Å². The zero-order chi connectivity index (χ0) is 17.5. The summed E-state index contributed by atoms with van der Waals surface area (Å²) in [6.45, 7) is 3.18. The fourth-order valence-electron chi connectivity index (χ4n) is 2.07. The number of hydrogen-bond acceptors (Lipinski definition) is 5. The summed E-state index contributed by atoms with van der Waals surface area (Å²) in [5, 5.41) is 2.79. The molecule has 0 bridgehead atoms. The summed E-state index contributed by atoms with van der Waals surface area (Å²) in [4.78, 5) is 23.6. The second kappa shape index (κ2) is 8.38. The second-order valence-corrected chi connectivity index (χ2v) is 5.61. The smallest absolute Gasteiger partial charge is 0.344 e. The Kier molecular flexibility index (Phi) is 6.23. The number of hydrogen-bond donors (Lipinski definition) is 1. The van der Waals surface area contributed by atoms with E-state index in [2.05, 4.69) is 5.32 Å². The van der Waals surface area contributed by atoms with Gasteiger partial charge in [0.25, 0.3) is 5.91 Å². The highest BCUT2D eigenvalue weighted by Gasteiger charge is 2.27. The Labute approximate surface area is 141 Å². The van der Waals surface area contributed by atoms with Gasteiger partial charge in [0.2, 0.25) is 0 Å². The fourth-order valence-corrected chi connectivity index (χ4v) is 2.07. The van der Waals surface area contributed by atoms with E-state index in [9.17, 15) is 9.59 Å². The molecule has 1 aromatic rings. The molecule has 1 fully saturated rings. The maximum atomic E-state index is 11.8. The summed E-state index contributed by atoms with van der Waals surface area (Å²) >= 11 is 0. The molecule has 0 heterocycles. The number of ether oxygens (including phenoxy) is 3. The minimum atomic E-state index is -0.833.